The molecule has 104 valence electrons. The van der Waals surface area contributed by atoms with Gasteiger partial charge in [0.15, 0.2) is 0 Å². The van der Waals surface area contributed by atoms with E-state index in [9.17, 15) is 9.59 Å². The topological polar surface area (TPSA) is 55.4 Å². The van der Waals surface area contributed by atoms with E-state index < -0.39 is 11.7 Å². The number of carbonyl (C=O) groups excluding carboxylic acids is 2. The molecule has 0 aromatic heterocycles. The first-order chi connectivity index (χ1) is 8.20. The molecular weight excluding hydrogens is 230 g/mol. The lowest BCUT2D eigenvalue weighted by Crippen LogP contribution is -2.43. The number of Topliss-reactive ketones (excluding diaryl/α,β-unsaturated/α-hetero) is 1. The van der Waals surface area contributed by atoms with Gasteiger partial charge in [-0.2, -0.15) is 0 Å². The molecule has 1 rings (SSSR count). The summed E-state index contributed by atoms with van der Waals surface area (Å²) in [4.78, 5) is 23.7. The summed E-state index contributed by atoms with van der Waals surface area (Å²) in [6.45, 7) is 9.31. The summed E-state index contributed by atoms with van der Waals surface area (Å²) in [6.07, 6.45) is 2.31. The highest BCUT2D eigenvalue weighted by atomic mass is 16.6. The minimum Gasteiger partial charge on any atom is -0.444 e. The molecule has 1 aliphatic rings. The molecule has 1 amide bonds. The summed E-state index contributed by atoms with van der Waals surface area (Å²) in [5.41, 5.74) is -0.500. The summed E-state index contributed by atoms with van der Waals surface area (Å²) in [5.74, 6) is 0.224. The lowest BCUT2D eigenvalue weighted by atomic mass is 9.91. The molecule has 1 aliphatic carbocycles. The van der Waals surface area contributed by atoms with Gasteiger partial charge in [-0.25, -0.2) is 4.79 Å². The fourth-order valence-electron chi connectivity index (χ4n) is 2.36. The zero-order valence-electron chi connectivity index (χ0n) is 12.1. The van der Waals surface area contributed by atoms with Crippen LogP contribution in [0.15, 0.2) is 0 Å². The van der Waals surface area contributed by atoms with Gasteiger partial charge in [-0.05, 0) is 33.6 Å². The second kappa shape index (κ2) is 5.72. The van der Waals surface area contributed by atoms with Gasteiger partial charge >= 0.3 is 6.09 Å². The normalized spacial score (nSPS) is 24.1. The van der Waals surface area contributed by atoms with Crippen LogP contribution in [0.25, 0.3) is 0 Å². The predicted molar refractivity (Wildman–Crippen MR) is 70.3 cm³/mol. The van der Waals surface area contributed by atoms with Crippen LogP contribution in [0.2, 0.25) is 0 Å². The second-order valence-electron chi connectivity index (χ2n) is 6.35. The van der Waals surface area contributed by atoms with Crippen LogP contribution in [0.3, 0.4) is 0 Å². The van der Waals surface area contributed by atoms with Gasteiger partial charge in [-0.1, -0.05) is 20.3 Å². The Labute approximate surface area is 109 Å². The first-order valence-electron chi connectivity index (χ1n) is 6.74. The molecule has 0 saturated heterocycles. The van der Waals surface area contributed by atoms with Crippen LogP contribution >= 0.6 is 0 Å². The van der Waals surface area contributed by atoms with Crippen molar-refractivity contribution in [2.45, 2.75) is 65.5 Å². The van der Waals surface area contributed by atoms with Crippen molar-refractivity contribution in [3.63, 3.8) is 0 Å². The number of carbonyl (C=O) groups is 2. The number of hydrogen-bond donors (Lipinski definition) is 1. The van der Waals surface area contributed by atoms with Crippen molar-refractivity contribution in [3.8, 4) is 0 Å². The van der Waals surface area contributed by atoms with E-state index in [0.29, 0.717) is 0 Å². The molecule has 0 aromatic rings. The van der Waals surface area contributed by atoms with Crippen LogP contribution in [0, 0.1) is 11.8 Å². The number of hydrogen-bond acceptors (Lipinski definition) is 3. The Hall–Kier alpha value is -1.06. The molecule has 0 aromatic carbocycles. The molecule has 0 heterocycles. The number of ether oxygens (including phenoxy) is 1. The maximum absolute atomic E-state index is 12.0. The second-order valence-corrected chi connectivity index (χ2v) is 6.35. The third kappa shape index (κ3) is 4.31. The maximum Gasteiger partial charge on any atom is 0.407 e. The van der Waals surface area contributed by atoms with Crippen LogP contribution in [0.5, 0.6) is 0 Å². The minimum atomic E-state index is -0.500. The van der Waals surface area contributed by atoms with Crippen molar-refractivity contribution in [1.82, 2.24) is 5.32 Å². The van der Waals surface area contributed by atoms with Crippen molar-refractivity contribution >= 4 is 11.9 Å². The summed E-state index contributed by atoms with van der Waals surface area (Å²) >= 11 is 0. The van der Waals surface area contributed by atoms with E-state index in [2.05, 4.69) is 5.32 Å². The van der Waals surface area contributed by atoms with Gasteiger partial charge in [0.2, 0.25) is 0 Å². The van der Waals surface area contributed by atoms with E-state index in [0.717, 1.165) is 19.3 Å². The highest BCUT2D eigenvalue weighted by Gasteiger charge is 2.35. The average Bonchev–Trinajstić information content (AvgIpc) is 2.61. The minimum absolute atomic E-state index is 0.0241. The Balaban J connectivity index is 2.55. The van der Waals surface area contributed by atoms with Crippen molar-refractivity contribution in [1.29, 1.82) is 0 Å². The standard InChI is InChI=1S/C14H25NO3/c1-9(2)12(16)10-7-6-8-11(10)15-13(17)18-14(3,4)5/h9-11H,6-8H2,1-5H3,(H,15,17)/t10-,11+/m0/s1. The van der Waals surface area contributed by atoms with E-state index in [1.807, 2.05) is 34.6 Å². The van der Waals surface area contributed by atoms with Crippen molar-refractivity contribution < 1.29 is 14.3 Å². The van der Waals surface area contributed by atoms with Crippen LogP contribution in [-0.2, 0) is 9.53 Å². The maximum atomic E-state index is 12.0. The summed E-state index contributed by atoms with van der Waals surface area (Å²) in [5, 5.41) is 2.84. The third-order valence-electron chi connectivity index (χ3n) is 3.15. The molecule has 1 fully saturated rings. The van der Waals surface area contributed by atoms with Crippen LogP contribution in [0.4, 0.5) is 4.79 Å². The molecule has 1 N–H and O–H groups in total. The molecule has 4 nitrogen and oxygen atoms in total. The first-order valence-corrected chi connectivity index (χ1v) is 6.74. The number of amides is 1. The van der Waals surface area contributed by atoms with Gasteiger partial charge < -0.3 is 10.1 Å². The largest absolute Gasteiger partial charge is 0.444 e. The van der Waals surface area contributed by atoms with Crippen molar-refractivity contribution in [3.05, 3.63) is 0 Å². The molecule has 1 saturated carbocycles. The Morgan fingerprint density at radius 2 is 1.83 bits per heavy atom. The smallest absolute Gasteiger partial charge is 0.407 e. The number of ketones is 1. The zero-order valence-corrected chi connectivity index (χ0v) is 12.1. The van der Waals surface area contributed by atoms with Gasteiger partial charge in [0.25, 0.3) is 0 Å². The van der Waals surface area contributed by atoms with E-state index in [1.165, 1.54) is 0 Å². The van der Waals surface area contributed by atoms with E-state index in [4.69, 9.17) is 4.74 Å². The number of nitrogens with one attached hydrogen (secondary N) is 1. The quantitative estimate of drug-likeness (QED) is 0.843. The molecule has 18 heavy (non-hydrogen) atoms. The Kier molecular flexibility index (Phi) is 4.77. The Bertz CT molecular complexity index is 317. The SMILES string of the molecule is CC(C)C(=O)[C@H]1CCC[C@H]1NC(=O)OC(C)(C)C. The molecular formula is C14H25NO3. The molecule has 0 aliphatic heterocycles. The van der Waals surface area contributed by atoms with Crippen LogP contribution < -0.4 is 5.32 Å². The fourth-order valence-corrected chi connectivity index (χ4v) is 2.36. The lowest BCUT2D eigenvalue weighted by molar-refractivity contribution is -0.126. The molecule has 0 radical (unpaired) electrons. The highest BCUT2D eigenvalue weighted by molar-refractivity contribution is 5.84. The van der Waals surface area contributed by atoms with E-state index in [1.54, 1.807) is 0 Å². The molecule has 0 spiro atoms. The van der Waals surface area contributed by atoms with Gasteiger partial charge in [-0.15, -0.1) is 0 Å². The van der Waals surface area contributed by atoms with Gasteiger partial charge in [0.1, 0.15) is 11.4 Å². The summed E-state index contributed by atoms with van der Waals surface area (Å²) < 4.78 is 5.23. The number of rotatable bonds is 3. The predicted octanol–water partition coefficient (Wildman–Crippen LogP) is 2.90. The highest BCUT2D eigenvalue weighted by Crippen LogP contribution is 2.28. The molecule has 0 unspecified atom stereocenters. The first kappa shape index (κ1) is 15.0. The molecule has 2 atom stereocenters. The third-order valence-corrected chi connectivity index (χ3v) is 3.15. The van der Waals surface area contributed by atoms with Crippen molar-refractivity contribution in [2.75, 3.05) is 0 Å². The molecule has 4 heteroatoms. The average molecular weight is 255 g/mol. The van der Waals surface area contributed by atoms with Crippen LogP contribution in [-0.4, -0.2) is 23.5 Å². The van der Waals surface area contributed by atoms with Crippen molar-refractivity contribution in [2.24, 2.45) is 11.8 Å². The lowest BCUT2D eigenvalue weighted by Gasteiger charge is -2.25. The Morgan fingerprint density at radius 1 is 1.22 bits per heavy atom. The summed E-state index contributed by atoms with van der Waals surface area (Å²) in [6, 6.07) is -0.0604. The monoisotopic (exact) mass is 255 g/mol. The molecule has 0 bridgehead atoms. The summed E-state index contributed by atoms with van der Waals surface area (Å²) in [7, 11) is 0. The van der Waals surface area contributed by atoms with Gasteiger partial charge in [0, 0.05) is 17.9 Å². The Morgan fingerprint density at radius 3 is 2.33 bits per heavy atom. The van der Waals surface area contributed by atoms with E-state index in [-0.39, 0.29) is 23.7 Å². The van der Waals surface area contributed by atoms with Crippen LogP contribution in [0.1, 0.15) is 53.9 Å². The van der Waals surface area contributed by atoms with Gasteiger partial charge in [0.05, 0.1) is 0 Å². The number of alkyl carbamates (subject to hydrolysis) is 1. The van der Waals surface area contributed by atoms with Gasteiger partial charge in [-0.3, -0.25) is 4.79 Å². The fraction of sp³-hybridized carbons (Fsp3) is 0.857. The van der Waals surface area contributed by atoms with E-state index >= 15 is 0 Å². The zero-order chi connectivity index (χ0) is 13.9.